The Labute approximate surface area is 66.4 Å². The predicted octanol–water partition coefficient (Wildman–Crippen LogP) is 1.42. The molecule has 11 heavy (non-hydrogen) atoms. The Morgan fingerprint density at radius 1 is 1.55 bits per heavy atom. The van der Waals surface area contributed by atoms with E-state index >= 15 is 0 Å². The second-order valence-corrected chi connectivity index (χ2v) is 2.96. The van der Waals surface area contributed by atoms with E-state index in [1.165, 1.54) is 0 Å². The number of aliphatic carboxylic acids is 1. The van der Waals surface area contributed by atoms with Gasteiger partial charge in [-0.15, -0.1) is 0 Å². The molecule has 1 saturated heterocycles. The molecule has 0 bridgehead atoms. The lowest BCUT2D eigenvalue weighted by Crippen LogP contribution is -2.14. The molecule has 0 aromatic carbocycles. The van der Waals surface area contributed by atoms with Crippen molar-refractivity contribution in [1.29, 1.82) is 0 Å². The zero-order valence-corrected chi connectivity index (χ0v) is 6.75. The smallest absolute Gasteiger partial charge is 0.305 e. The summed E-state index contributed by atoms with van der Waals surface area (Å²) in [5, 5.41) is 8.45. The first kappa shape index (κ1) is 8.53. The molecular weight excluding hydrogens is 144 g/mol. The van der Waals surface area contributed by atoms with E-state index in [4.69, 9.17) is 9.84 Å². The molecule has 0 aliphatic carbocycles. The quantitative estimate of drug-likeness (QED) is 0.675. The number of hydrogen-bond donors (Lipinski definition) is 1. The van der Waals surface area contributed by atoms with E-state index in [9.17, 15) is 4.79 Å². The van der Waals surface area contributed by atoms with Crippen molar-refractivity contribution in [2.45, 2.75) is 44.8 Å². The van der Waals surface area contributed by atoms with Crippen molar-refractivity contribution in [1.82, 2.24) is 0 Å². The lowest BCUT2D eigenvalue weighted by molar-refractivity contribution is -0.139. The molecule has 0 spiro atoms. The van der Waals surface area contributed by atoms with Crippen LogP contribution in [0.5, 0.6) is 0 Å². The van der Waals surface area contributed by atoms with E-state index in [1.807, 2.05) is 0 Å². The Morgan fingerprint density at radius 2 is 2.18 bits per heavy atom. The molecule has 2 atom stereocenters. The molecule has 2 unspecified atom stereocenters. The summed E-state index contributed by atoms with van der Waals surface area (Å²) in [5.41, 5.74) is 0. The summed E-state index contributed by atoms with van der Waals surface area (Å²) in [4.78, 5) is 10.3. The summed E-state index contributed by atoms with van der Waals surface area (Å²) in [6, 6.07) is 0. The van der Waals surface area contributed by atoms with Crippen molar-refractivity contribution in [3.63, 3.8) is 0 Å². The van der Waals surface area contributed by atoms with Crippen LogP contribution in [0.3, 0.4) is 0 Å². The molecule has 1 aliphatic rings. The van der Waals surface area contributed by atoms with Crippen molar-refractivity contribution in [2.24, 2.45) is 0 Å². The zero-order valence-electron chi connectivity index (χ0n) is 6.75. The number of carboxylic acid groups (broad SMARTS) is 1. The van der Waals surface area contributed by atoms with Crippen LogP contribution >= 0.6 is 0 Å². The largest absolute Gasteiger partial charge is 0.481 e. The van der Waals surface area contributed by atoms with Gasteiger partial charge in [0, 0.05) is 0 Å². The van der Waals surface area contributed by atoms with Gasteiger partial charge in [-0.25, -0.2) is 0 Å². The molecule has 0 aromatic rings. The molecule has 64 valence electrons. The van der Waals surface area contributed by atoms with Crippen LogP contribution in [0.4, 0.5) is 0 Å². The van der Waals surface area contributed by atoms with Crippen molar-refractivity contribution in [2.75, 3.05) is 0 Å². The van der Waals surface area contributed by atoms with Gasteiger partial charge in [0.15, 0.2) is 0 Å². The van der Waals surface area contributed by atoms with Gasteiger partial charge >= 0.3 is 5.97 Å². The topological polar surface area (TPSA) is 46.5 Å². The Hall–Kier alpha value is -0.570. The van der Waals surface area contributed by atoms with Crippen LogP contribution in [0.2, 0.25) is 0 Å². The zero-order chi connectivity index (χ0) is 8.27. The highest BCUT2D eigenvalue weighted by atomic mass is 16.5. The summed E-state index contributed by atoms with van der Waals surface area (Å²) >= 11 is 0. The van der Waals surface area contributed by atoms with Gasteiger partial charge in [-0.2, -0.15) is 0 Å². The third-order valence-corrected chi connectivity index (χ3v) is 2.05. The summed E-state index contributed by atoms with van der Waals surface area (Å²) in [5.74, 6) is -0.758. The van der Waals surface area contributed by atoms with E-state index in [2.05, 4.69) is 6.92 Å². The Balaban J connectivity index is 2.24. The maximum Gasteiger partial charge on any atom is 0.305 e. The molecule has 0 aromatic heterocycles. The Kier molecular flexibility index (Phi) is 2.88. The number of ether oxygens (including phenoxy) is 1. The van der Waals surface area contributed by atoms with Gasteiger partial charge in [-0.05, 0) is 19.3 Å². The highest BCUT2D eigenvalue weighted by Gasteiger charge is 2.25. The van der Waals surface area contributed by atoms with Crippen LogP contribution in [0, 0.1) is 0 Å². The minimum absolute atomic E-state index is 0.0301. The minimum atomic E-state index is -0.758. The Morgan fingerprint density at radius 3 is 2.64 bits per heavy atom. The fourth-order valence-electron chi connectivity index (χ4n) is 1.43. The fourth-order valence-corrected chi connectivity index (χ4v) is 1.43. The molecule has 3 nitrogen and oxygen atoms in total. The van der Waals surface area contributed by atoms with Crippen molar-refractivity contribution < 1.29 is 14.6 Å². The predicted molar refractivity (Wildman–Crippen MR) is 40.4 cm³/mol. The van der Waals surface area contributed by atoms with Crippen molar-refractivity contribution in [3.8, 4) is 0 Å². The second-order valence-electron chi connectivity index (χ2n) is 2.96. The van der Waals surface area contributed by atoms with E-state index in [1.54, 1.807) is 0 Å². The highest BCUT2D eigenvalue weighted by molar-refractivity contribution is 5.67. The van der Waals surface area contributed by atoms with Gasteiger partial charge in [-0.3, -0.25) is 4.79 Å². The third kappa shape index (κ3) is 2.50. The number of rotatable bonds is 3. The van der Waals surface area contributed by atoms with Crippen LogP contribution in [0.15, 0.2) is 0 Å². The molecule has 3 heteroatoms. The lowest BCUT2D eigenvalue weighted by atomic mass is 10.1. The van der Waals surface area contributed by atoms with Gasteiger partial charge in [0.2, 0.25) is 0 Å². The van der Waals surface area contributed by atoms with Crippen LogP contribution in [0.25, 0.3) is 0 Å². The maximum absolute atomic E-state index is 10.3. The average Bonchev–Trinajstić information content (AvgIpc) is 2.34. The number of carbonyl (C=O) groups is 1. The van der Waals surface area contributed by atoms with E-state index in [-0.39, 0.29) is 12.5 Å². The number of carboxylic acids is 1. The van der Waals surface area contributed by atoms with Crippen molar-refractivity contribution in [3.05, 3.63) is 0 Å². The van der Waals surface area contributed by atoms with Gasteiger partial charge in [-0.1, -0.05) is 6.92 Å². The van der Waals surface area contributed by atoms with E-state index < -0.39 is 5.97 Å². The van der Waals surface area contributed by atoms with Gasteiger partial charge < -0.3 is 9.84 Å². The molecule has 0 amide bonds. The maximum atomic E-state index is 10.3. The molecular formula is C8H14O3. The van der Waals surface area contributed by atoms with Crippen LogP contribution < -0.4 is 0 Å². The standard InChI is InChI=1S/C8H14O3/c1-2-6-3-4-7(11-6)5-8(9)10/h6-7H,2-5H2,1H3,(H,9,10). The minimum Gasteiger partial charge on any atom is -0.481 e. The molecule has 0 radical (unpaired) electrons. The molecule has 1 rings (SSSR count). The first-order valence-corrected chi connectivity index (χ1v) is 4.09. The van der Waals surface area contributed by atoms with E-state index in [0.717, 1.165) is 19.3 Å². The first-order valence-electron chi connectivity index (χ1n) is 4.09. The molecule has 1 N–H and O–H groups in total. The normalized spacial score (nSPS) is 30.6. The number of hydrogen-bond acceptors (Lipinski definition) is 2. The monoisotopic (exact) mass is 158 g/mol. The molecule has 0 saturated carbocycles. The summed E-state index contributed by atoms with van der Waals surface area (Å²) in [6.45, 7) is 2.06. The second kappa shape index (κ2) is 3.72. The molecule has 1 fully saturated rings. The van der Waals surface area contributed by atoms with Gasteiger partial charge in [0.05, 0.1) is 18.6 Å². The fraction of sp³-hybridized carbons (Fsp3) is 0.875. The molecule has 1 heterocycles. The SMILES string of the molecule is CCC1CCC(CC(=O)O)O1. The summed E-state index contributed by atoms with van der Waals surface area (Å²) in [7, 11) is 0. The first-order chi connectivity index (χ1) is 5.22. The Bertz CT molecular complexity index is 144. The van der Waals surface area contributed by atoms with Crippen LogP contribution in [0.1, 0.15) is 32.6 Å². The van der Waals surface area contributed by atoms with Gasteiger partial charge in [0.1, 0.15) is 0 Å². The van der Waals surface area contributed by atoms with Crippen molar-refractivity contribution >= 4 is 5.97 Å². The summed E-state index contributed by atoms with van der Waals surface area (Å²) in [6.07, 6.45) is 3.36. The summed E-state index contributed by atoms with van der Waals surface area (Å²) < 4.78 is 5.44. The van der Waals surface area contributed by atoms with Gasteiger partial charge in [0.25, 0.3) is 0 Å². The van der Waals surface area contributed by atoms with E-state index in [0.29, 0.717) is 6.10 Å². The third-order valence-electron chi connectivity index (χ3n) is 2.05. The van der Waals surface area contributed by atoms with Crippen LogP contribution in [-0.4, -0.2) is 23.3 Å². The highest BCUT2D eigenvalue weighted by Crippen LogP contribution is 2.23. The lowest BCUT2D eigenvalue weighted by Gasteiger charge is -2.09. The van der Waals surface area contributed by atoms with Crippen LogP contribution in [-0.2, 0) is 9.53 Å². The molecule has 1 aliphatic heterocycles. The average molecular weight is 158 g/mol.